The summed E-state index contributed by atoms with van der Waals surface area (Å²) in [6.07, 6.45) is -2.36. The number of pyridine rings is 1. The fraction of sp³-hybridized carbons (Fsp3) is 0.316. The fourth-order valence-electron chi connectivity index (χ4n) is 3.12. The number of hydrogen-bond donors (Lipinski definition) is 1. The van der Waals surface area contributed by atoms with E-state index in [1.54, 1.807) is 12.3 Å². The van der Waals surface area contributed by atoms with Gasteiger partial charge in [0.2, 0.25) is 0 Å². The van der Waals surface area contributed by atoms with E-state index >= 15 is 0 Å². The molecule has 0 fully saturated rings. The van der Waals surface area contributed by atoms with Crippen LogP contribution in [0.15, 0.2) is 34.9 Å². The number of para-hydroxylation sites is 1. The van der Waals surface area contributed by atoms with Gasteiger partial charge in [0.05, 0.1) is 17.6 Å². The molecule has 0 aliphatic carbocycles. The lowest BCUT2D eigenvalue weighted by Crippen LogP contribution is -2.13. The maximum absolute atomic E-state index is 13.4. The first kappa shape index (κ1) is 18.9. The monoisotopic (exact) mass is 452 g/mol. The van der Waals surface area contributed by atoms with Gasteiger partial charge in [0.1, 0.15) is 17.4 Å². The van der Waals surface area contributed by atoms with Crippen LogP contribution in [0.4, 0.5) is 19.0 Å². The SMILES string of the molecule is CC1CCOc2c(cccc2C(F)(F)F)CNc2nc1nc1ncc(Br)cc21. The normalized spacial score (nSPS) is 17.2. The van der Waals surface area contributed by atoms with Crippen LogP contribution < -0.4 is 10.1 Å². The standard InChI is InChI=1S/C19H16BrF3N4O/c1-10-5-6-28-15-11(3-2-4-14(15)19(21,22)23)8-24-17-13-7-12(20)9-25-18(13)27-16(10)26-17/h2-4,7,9-10H,5-6,8H2,1H3,(H,24,25,26,27). The van der Waals surface area contributed by atoms with E-state index in [4.69, 9.17) is 4.74 Å². The number of hydrogen-bond acceptors (Lipinski definition) is 5. The van der Waals surface area contributed by atoms with Gasteiger partial charge in [-0.3, -0.25) is 0 Å². The molecular weight excluding hydrogens is 437 g/mol. The van der Waals surface area contributed by atoms with Crippen molar-refractivity contribution in [2.24, 2.45) is 0 Å². The molecule has 1 N–H and O–H groups in total. The number of ether oxygens (including phenoxy) is 1. The number of nitrogens with one attached hydrogen (secondary N) is 1. The van der Waals surface area contributed by atoms with Crippen molar-refractivity contribution < 1.29 is 17.9 Å². The number of alkyl halides is 3. The fourth-order valence-corrected chi connectivity index (χ4v) is 3.45. The molecule has 0 amide bonds. The number of halogens is 4. The molecule has 1 aromatic carbocycles. The number of nitrogens with zero attached hydrogens (tertiary/aromatic N) is 3. The third kappa shape index (κ3) is 3.63. The summed E-state index contributed by atoms with van der Waals surface area (Å²) in [4.78, 5) is 13.5. The zero-order chi connectivity index (χ0) is 19.9. The van der Waals surface area contributed by atoms with E-state index < -0.39 is 11.7 Å². The van der Waals surface area contributed by atoms with Crippen molar-refractivity contribution in [3.63, 3.8) is 0 Å². The Morgan fingerprint density at radius 3 is 2.86 bits per heavy atom. The summed E-state index contributed by atoms with van der Waals surface area (Å²) < 4.78 is 46.7. The highest BCUT2D eigenvalue weighted by Crippen LogP contribution is 2.39. The van der Waals surface area contributed by atoms with E-state index in [0.29, 0.717) is 34.7 Å². The van der Waals surface area contributed by atoms with Gasteiger partial charge in [-0.25, -0.2) is 15.0 Å². The van der Waals surface area contributed by atoms with Gasteiger partial charge in [0.25, 0.3) is 0 Å². The Balaban J connectivity index is 1.83. The van der Waals surface area contributed by atoms with Crippen molar-refractivity contribution in [3.05, 3.63) is 51.9 Å². The third-order valence-corrected chi connectivity index (χ3v) is 5.06. The molecule has 5 nitrogen and oxygen atoms in total. The maximum atomic E-state index is 13.4. The molecule has 2 aromatic heterocycles. The van der Waals surface area contributed by atoms with Gasteiger partial charge in [0, 0.05) is 28.7 Å². The van der Waals surface area contributed by atoms with Gasteiger partial charge in [-0.1, -0.05) is 19.1 Å². The van der Waals surface area contributed by atoms with Crippen LogP contribution in [0.5, 0.6) is 5.75 Å². The topological polar surface area (TPSA) is 59.9 Å². The second-order valence-corrected chi connectivity index (χ2v) is 7.55. The Hall–Kier alpha value is -2.42. The van der Waals surface area contributed by atoms with Gasteiger partial charge in [-0.2, -0.15) is 13.2 Å². The quantitative estimate of drug-likeness (QED) is 0.501. The summed E-state index contributed by atoms with van der Waals surface area (Å²) in [6, 6.07) is 5.88. The van der Waals surface area contributed by atoms with Crippen LogP contribution in [0.2, 0.25) is 0 Å². The highest BCUT2D eigenvalue weighted by atomic mass is 79.9. The van der Waals surface area contributed by atoms with Crippen molar-refractivity contribution in [2.75, 3.05) is 11.9 Å². The van der Waals surface area contributed by atoms with Gasteiger partial charge in [-0.05, 0) is 34.5 Å². The molecule has 146 valence electrons. The summed E-state index contributed by atoms with van der Waals surface area (Å²) in [5, 5.41) is 3.84. The van der Waals surface area contributed by atoms with Crippen LogP contribution in [0, 0.1) is 0 Å². The van der Waals surface area contributed by atoms with E-state index in [0.717, 1.165) is 10.5 Å². The zero-order valence-corrected chi connectivity index (χ0v) is 16.4. The Kier molecular flexibility index (Phi) is 4.86. The Morgan fingerprint density at radius 1 is 1.25 bits per heavy atom. The summed E-state index contributed by atoms with van der Waals surface area (Å²) >= 11 is 3.39. The summed E-state index contributed by atoms with van der Waals surface area (Å²) in [5.41, 5.74) is 0.179. The van der Waals surface area contributed by atoms with Crippen molar-refractivity contribution >= 4 is 32.8 Å². The van der Waals surface area contributed by atoms with Gasteiger partial charge in [0.15, 0.2) is 5.65 Å². The number of benzene rings is 1. The molecule has 9 heteroatoms. The Morgan fingerprint density at radius 2 is 2.07 bits per heavy atom. The number of fused-ring (bicyclic) bond motifs is 5. The molecule has 0 spiro atoms. The molecule has 0 saturated heterocycles. The number of anilines is 1. The summed E-state index contributed by atoms with van der Waals surface area (Å²) in [7, 11) is 0. The molecule has 28 heavy (non-hydrogen) atoms. The van der Waals surface area contributed by atoms with Crippen LogP contribution >= 0.6 is 15.9 Å². The summed E-state index contributed by atoms with van der Waals surface area (Å²) in [5.74, 6) is 0.873. The van der Waals surface area contributed by atoms with Crippen LogP contribution in [0.1, 0.15) is 36.2 Å². The molecule has 0 saturated carbocycles. The van der Waals surface area contributed by atoms with E-state index in [9.17, 15) is 13.2 Å². The second-order valence-electron chi connectivity index (χ2n) is 6.64. The lowest BCUT2D eigenvalue weighted by molar-refractivity contribution is -0.139. The number of rotatable bonds is 0. The molecule has 0 radical (unpaired) electrons. The minimum atomic E-state index is -4.49. The predicted octanol–water partition coefficient (Wildman–Crippen LogP) is 5.30. The molecule has 1 aliphatic heterocycles. The Bertz CT molecular complexity index is 1040. The Labute approximate surface area is 167 Å². The van der Waals surface area contributed by atoms with E-state index in [2.05, 4.69) is 36.2 Å². The van der Waals surface area contributed by atoms with Crippen molar-refractivity contribution in [3.8, 4) is 5.75 Å². The average molecular weight is 453 g/mol. The van der Waals surface area contributed by atoms with Crippen LogP contribution in [-0.4, -0.2) is 21.6 Å². The first-order valence-corrected chi connectivity index (χ1v) is 9.51. The first-order chi connectivity index (χ1) is 13.3. The molecule has 1 aliphatic rings. The number of aromatic nitrogens is 3. The van der Waals surface area contributed by atoms with Crippen molar-refractivity contribution in [1.82, 2.24) is 15.0 Å². The van der Waals surface area contributed by atoms with Gasteiger partial charge >= 0.3 is 6.18 Å². The average Bonchev–Trinajstić information content (AvgIpc) is 2.67. The van der Waals surface area contributed by atoms with Crippen molar-refractivity contribution in [2.45, 2.75) is 32.0 Å². The second kappa shape index (κ2) is 7.20. The molecule has 1 unspecified atom stereocenters. The van der Waals surface area contributed by atoms with Crippen LogP contribution in [-0.2, 0) is 12.7 Å². The molecule has 4 rings (SSSR count). The van der Waals surface area contributed by atoms with Crippen LogP contribution in [0.3, 0.4) is 0 Å². The lowest BCUT2D eigenvalue weighted by Gasteiger charge is -2.18. The molecular formula is C19H16BrF3N4O. The lowest BCUT2D eigenvalue weighted by atomic mass is 10.1. The van der Waals surface area contributed by atoms with E-state index in [1.807, 2.05) is 13.0 Å². The first-order valence-electron chi connectivity index (χ1n) is 8.72. The highest BCUT2D eigenvalue weighted by Gasteiger charge is 2.35. The largest absolute Gasteiger partial charge is 0.493 e. The van der Waals surface area contributed by atoms with Crippen molar-refractivity contribution in [1.29, 1.82) is 0 Å². The minimum Gasteiger partial charge on any atom is -0.493 e. The molecule has 2 bridgehead atoms. The van der Waals surface area contributed by atoms with E-state index in [-0.39, 0.29) is 24.8 Å². The summed E-state index contributed by atoms with van der Waals surface area (Å²) in [6.45, 7) is 2.18. The smallest absolute Gasteiger partial charge is 0.419 e. The van der Waals surface area contributed by atoms with Crippen LogP contribution in [0.25, 0.3) is 11.0 Å². The van der Waals surface area contributed by atoms with E-state index in [1.165, 1.54) is 6.07 Å². The molecule has 1 atom stereocenters. The predicted molar refractivity (Wildman–Crippen MR) is 102 cm³/mol. The molecule has 3 heterocycles. The van der Waals surface area contributed by atoms with Gasteiger partial charge < -0.3 is 10.1 Å². The highest BCUT2D eigenvalue weighted by molar-refractivity contribution is 9.10. The molecule has 3 aromatic rings. The van der Waals surface area contributed by atoms with Gasteiger partial charge in [-0.15, -0.1) is 0 Å². The zero-order valence-electron chi connectivity index (χ0n) is 14.8. The minimum absolute atomic E-state index is 0.102. The third-order valence-electron chi connectivity index (χ3n) is 4.62. The maximum Gasteiger partial charge on any atom is 0.419 e.